The van der Waals surface area contributed by atoms with E-state index in [0.29, 0.717) is 0 Å². The van der Waals surface area contributed by atoms with E-state index in [0.717, 1.165) is 124 Å². The Labute approximate surface area is 589 Å². The van der Waals surface area contributed by atoms with E-state index in [2.05, 4.69) is 376 Å². The smallest absolute Gasteiger partial charge is 0.242 e. The lowest BCUT2D eigenvalue weighted by molar-refractivity contribution is 0.477. The first-order valence-corrected chi connectivity index (χ1v) is 35.1. The van der Waals surface area contributed by atoms with Crippen molar-refractivity contribution < 1.29 is 9.47 Å². The Morgan fingerprint density at radius 3 is 0.873 bits per heavy atom. The fourth-order valence-corrected chi connectivity index (χ4v) is 17.3. The van der Waals surface area contributed by atoms with Crippen LogP contribution >= 0.6 is 0 Å². The summed E-state index contributed by atoms with van der Waals surface area (Å²) in [6.07, 6.45) is 0. The van der Waals surface area contributed by atoms with Crippen LogP contribution in [0.15, 0.2) is 328 Å². The van der Waals surface area contributed by atoms with E-state index in [1.54, 1.807) is 0 Å². The number of aromatic nitrogens is 4. The molecule has 2 aliphatic rings. The number of rotatable bonds is 9. The molecule has 0 amide bonds. The van der Waals surface area contributed by atoms with Crippen molar-refractivity contribution >= 4 is 144 Å². The maximum atomic E-state index is 7.48. The molecule has 0 spiro atoms. The lowest BCUT2D eigenvalue weighted by atomic mass is 9.35. The minimum atomic E-state index is -0.231. The molecule has 0 saturated carbocycles. The van der Waals surface area contributed by atoms with Crippen LogP contribution < -0.4 is 35.7 Å². The highest BCUT2D eigenvalue weighted by molar-refractivity contribution is 6.96. The number of para-hydroxylation sites is 8. The van der Waals surface area contributed by atoms with Gasteiger partial charge in [-0.2, -0.15) is 0 Å². The average molecular weight is 1310 g/mol. The van der Waals surface area contributed by atoms with Gasteiger partial charge in [-0.3, -0.25) is 0 Å². The zero-order valence-corrected chi connectivity index (χ0v) is 56.3. The molecule has 0 N–H and O–H groups in total. The van der Waals surface area contributed by atoms with Crippen LogP contribution in [0.2, 0.25) is 0 Å². The lowest BCUT2D eigenvalue weighted by Crippen LogP contribution is -2.54. The Morgan fingerprint density at radius 2 is 0.520 bits per heavy atom. The highest BCUT2D eigenvalue weighted by Gasteiger charge is 2.35. The van der Waals surface area contributed by atoms with Gasteiger partial charge in [0.1, 0.15) is 0 Å². The summed E-state index contributed by atoms with van der Waals surface area (Å²) >= 11 is 0. The first-order valence-electron chi connectivity index (χ1n) is 35.1. The first-order chi connectivity index (χ1) is 50.3. The molecular weight excluding hydrogens is 1240 g/mol. The number of nitrogens with zero attached hydrogens (tertiary/aromatic N) is 6. The summed E-state index contributed by atoms with van der Waals surface area (Å²) in [5.41, 5.74) is 26.4. The van der Waals surface area contributed by atoms with Crippen molar-refractivity contribution in [3.63, 3.8) is 0 Å². The highest BCUT2D eigenvalue weighted by atomic mass is 16.5. The summed E-state index contributed by atoms with van der Waals surface area (Å²) in [5, 5.41) is 9.67. The van der Waals surface area contributed by atoms with Gasteiger partial charge >= 0.3 is 0 Å². The first kappa shape index (κ1) is 57.8. The maximum absolute atomic E-state index is 7.48. The Balaban J connectivity index is 0.716. The molecule has 4 aromatic heterocycles. The number of ether oxygens (including phenoxy) is 2. The second kappa shape index (κ2) is 22.4. The van der Waals surface area contributed by atoms with Crippen LogP contribution in [0.3, 0.4) is 0 Å². The van der Waals surface area contributed by atoms with Crippen molar-refractivity contribution in [1.29, 1.82) is 0 Å². The summed E-state index contributed by atoms with van der Waals surface area (Å²) in [6.45, 7) is 6.49. The number of aryl methyl sites for hydroxylation is 3. The molecule has 0 fully saturated rings. The zero-order valence-electron chi connectivity index (χ0n) is 56.3. The molecule has 480 valence electrons. The molecule has 15 aromatic carbocycles. The minimum Gasteiger partial charge on any atom is -0.453 e. The molecular formula is C93H63BN6O2. The predicted octanol–water partition coefficient (Wildman–Crippen LogP) is 22.7. The van der Waals surface area contributed by atoms with Crippen molar-refractivity contribution in [1.82, 2.24) is 18.3 Å². The van der Waals surface area contributed by atoms with E-state index in [1.165, 1.54) is 76.3 Å². The average Bonchev–Trinajstić information content (AvgIpc) is 1.59. The second-order valence-corrected chi connectivity index (χ2v) is 27.4. The van der Waals surface area contributed by atoms with Gasteiger partial charge in [-0.05, 0) is 166 Å². The fourth-order valence-electron chi connectivity index (χ4n) is 17.3. The molecule has 6 heterocycles. The van der Waals surface area contributed by atoms with Crippen LogP contribution in [0.4, 0.5) is 34.1 Å². The van der Waals surface area contributed by atoms with Crippen LogP contribution in [0.5, 0.6) is 23.0 Å². The van der Waals surface area contributed by atoms with Gasteiger partial charge in [-0.15, -0.1) is 0 Å². The molecule has 0 unspecified atom stereocenters. The van der Waals surface area contributed by atoms with E-state index in [1.807, 2.05) is 0 Å². The molecule has 19 aromatic rings. The molecule has 0 aliphatic carbocycles. The third-order valence-corrected chi connectivity index (χ3v) is 21.5. The van der Waals surface area contributed by atoms with Crippen LogP contribution in [0.25, 0.3) is 110 Å². The van der Waals surface area contributed by atoms with E-state index in [9.17, 15) is 0 Å². The SMILES string of the molecule is Cc1cc(C)c(B(c2ccc3c(c2)Oc2cc(-n4c5ccccc5c5cc6c7ccccc7n(-c7ccccc7)c6cc54)ccc2N3c2ccccc2)c2ccc3c(c2)Oc2cc(-n4c5ccccc5c5cc6c7ccccc7n(-c7ccccc7)c6cc54)ccc2N3c2ccccc2)c(C)c1. The van der Waals surface area contributed by atoms with Crippen molar-refractivity contribution in [2.75, 3.05) is 9.80 Å². The summed E-state index contributed by atoms with van der Waals surface area (Å²) in [4.78, 5) is 4.71. The fraction of sp³-hybridized carbons (Fsp3) is 0.0323. The molecule has 2 aliphatic heterocycles. The van der Waals surface area contributed by atoms with Gasteiger partial charge in [0.2, 0.25) is 6.71 Å². The van der Waals surface area contributed by atoms with Gasteiger partial charge < -0.3 is 37.5 Å². The highest BCUT2D eigenvalue weighted by Crippen LogP contribution is 2.54. The Hall–Kier alpha value is -13.2. The third kappa shape index (κ3) is 8.71. The van der Waals surface area contributed by atoms with E-state index in [4.69, 9.17) is 9.47 Å². The van der Waals surface area contributed by atoms with Gasteiger partial charge in [0.15, 0.2) is 23.0 Å². The molecule has 102 heavy (non-hydrogen) atoms. The van der Waals surface area contributed by atoms with Crippen molar-refractivity contribution in [2.24, 2.45) is 0 Å². The summed E-state index contributed by atoms with van der Waals surface area (Å²) in [6, 6.07) is 119. The second-order valence-electron chi connectivity index (χ2n) is 27.4. The van der Waals surface area contributed by atoms with Crippen molar-refractivity contribution in [3.05, 3.63) is 344 Å². The van der Waals surface area contributed by atoms with Gasteiger partial charge in [-0.1, -0.05) is 203 Å². The van der Waals surface area contributed by atoms with Crippen LogP contribution in [0.1, 0.15) is 16.7 Å². The Bertz CT molecular complexity index is 6290. The third-order valence-electron chi connectivity index (χ3n) is 21.5. The monoisotopic (exact) mass is 1310 g/mol. The van der Waals surface area contributed by atoms with Gasteiger partial charge in [0.05, 0.1) is 78.3 Å². The van der Waals surface area contributed by atoms with Crippen molar-refractivity contribution in [3.8, 4) is 45.7 Å². The Morgan fingerprint density at radius 1 is 0.225 bits per heavy atom. The standard InChI is InChI=1S/C93H63BN6O2/c1-58-48-59(2)93(60(3)49-58)94(61-40-44-81-89(50-61)101-91-52-67(42-46-83(91)97(81)65-28-12-6-13-29-65)99-79-38-22-18-34-71(79)75-54-73-69-32-16-20-36-77(69)95(85(73)56-87(75)99)63-24-8-4-9-25-63)62-41-45-82-90(51-62)102-92-53-68(43-47-84(92)98(82)66-30-14-7-15-31-66)100-80-39-23-19-35-72(80)76-55-74-70-33-17-21-37-78(70)96(86(74)57-88(76)100)64-26-10-5-11-27-64/h4-57H,1-3H3. The molecule has 0 bridgehead atoms. The van der Waals surface area contributed by atoms with Crippen molar-refractivity contribution in [2.45, 2.75) is 20.8 Å². The molecule has 0 radical (unpaired) electrons. The topological polar surface area (TPSA) is 44.7 Å². The van der Waals surface area contributed by atoms with E-state index in [-0.39, 0.29) is 6.71 Å². The van der Waals surface area contributed by atoms with E-state index >= 15 is 0 Å². The quantitative estimate of drug-likeness (QED) is 0.135. The number of benzene rings is 15. The Kier molecular flexibility index (Phi) is 12.7. The normalized spacial score (nSPS) is 12.6. The molecule has 8 nitrogen and oxygen atoms in total. The van der Waals surface area contributed by atoms with Crippen LogP contribution in [-0.2, 0) is 0 Å². The van der Waals surface area contributed by atoms with E-state index < -0.39 is 0 Å². The van der Waals surface area contributed by atoms with Gasteiger partial charge in [0.25, 0.3) is 0 Å². The van der Waals surface area contributed by atoms with Gasteiger partial charge in [-0.25, -0.2) is 0 Å². The lowest BCUT2D eigenvalue weighted by Gasteiger charge is -2.34. The number of hydrogen-bond acceptors (Lipinski definition) is 4. The van der Waals surface area contributed by atoms with Crippen LogP contribution in [-0.4, -0.2) is 25.0 Å². The maximum Gasteiger partial charge on any atom is 0.242 e. The van der Waals surface area contributed by atoms with Gasteiger partial charge in [0, 0.05) is 78.0 Å². The number of fused-ring (bicyclic) bond motifs is 16. The van der Waals surface area contributed by atoms with Crippen LogP contribution in [0, 0.1) is 20.8 Å². The minimum absolute atomic E-state index is 0.231. The molecule has 0 saturated heterocycles. The number of anilines is 6. The summed E-state index contributed by atoms with van der Waals surface area (Å²) in [5.74, 6) is 3.05. The summed E-state index contributed by atoms with van der Waals surface area (Å²) < 4.78 is 24.6. The molecule has 21 rings (SSSR count). The summed E-state index contributed by atoms with van der Waals surface area (Å²) in [7, 11) is 0. The zero-order chi connectivity index (χ0) is 67.4. The molecule has 9 heteroatoms. The number of hydrogen-bond donors (Lipinski definition) is 0. The largest absolute Gasteiger partial charge is 0.453 e. The predicted molar refractivity (Wildman–Crippen MR) is 425 cm³/mol. The molecule has 0 atom stereocenters.